The Balaban J connectivity index is 2.84. The molecule has 1 rings (SSSR count). The Bertz CT molecular complexity index is 258. The van der Waals surface area contributed by atoms with Crippen LogP contribution in [0.4, 0.5) is 0 Å². The zero-order valence-electron chi connectivity index (χ0n) is 8.67. The van der Waals surface area contributed by atoms with E-state index in [1.807, 2.05) is 19.4 Å². The van der Waals surface area contributed by atoms with Crippen LogP contribution in [0.25, 0.3) is 0 Å². The first-order chi connectivity index (χ1) is 6.29. The Labute approximate surface area is 80.4 Å². The summed E-state index contributed by atoms with van der Waals surface area (Å²) in [6.07, 6.45) is 6.17. The predicted molar refractivity (Wildman–Crippen MR) is 55.7 cm³/mol. The zero-order chi connectivity index (χ0) is 9.68. The van der Waals surface area contributed by atoms with Gasteiger partial charge < -0.3 is 5.32 Å². The molecule has 1 aromatic heterocycles. The fourth-order valence-corrected chi connectivity index (χ4v) is 1.62. The molecule has 0 radical (unpaired) electrons. The first-order valence-electron chi connectivity index (χ1n) is 4.87. The lowest BCUT2D eigenvalue weighted by Crippen LogP contribution is -2.17. The summed E-state index contributed by atoms with van der Waals surface area (Å²) in [5, 5.41) is 3.33. The second kappa shape index (κ2) is 4.97. The highest BCUT2D eigenvalue weighted by Gasteiger charge is 2.09. The molecule has 0 saturated heterocycles. The van der Waals surface area contributed by atoms with Crippen molar-refractivity contribution in [2.24, 2.45) is 0 Å². The number of nitrogens with one attached hydrogen (secondary N) is 1. The molecule has 2 heteroatoms. The third-order valence-electron chi connectivity index (χ3n) is 2.36. The summed E-state index contributed by atoms with van der Waals surface area (Å²) in [4.78, 5) is 4.09. The monoisotopic (exact) mass is 178 g/mol. The van der Waals surface area contributed by atoms with Crippen molar-refractivity contribution in [2.75, 3.05) is 7.05 Å². The van der Waals surface area contributed by atoms with Gasteiger partial charge in [-0.2, -0.15) is 0 Å². The molecule has 0 saturated carbocycles. The van der Waals surface area contributed by atoms with E-state index < -0.39 is 0 Å². The van der Waals surface area contributed by atoms with Gasteiger partial charge in [-0.1, -0.05) is 13.3 Å². The lowest BCUT2D eigenvalue weighted by Gasteiger charge is -2.17. The van der Waals surface area contributed by atoms with Gasteiger partial charge in [0.15, 0.2) is 0 Å². The molecule has 1 N–H and O–H groups in total. The van der Waals surface area contributed by atoms with E-state index in [0.717, 1.165) is 0 Å². The first-order valence-corrected chi connectivity index (χ1v) is 4.87. The van der Waals surface area contributed by atoms with E-state index in [2.05, 4.69) is 30.2 Å². The van der Waals surface area contributed by atoms with Crippen LogP contribution < -0.4 is 5.32 Å². The average Bonchev–Trinajstić information content (AvgIpc) is 2.16. The van der Waals surface area contributed by atoms with Gasteiger partial charge in [-0.25, -0.2) is 0 Å². The lowest BCUT2D eigenvalue weighted by molar-refractivity contribution is 0.538. The average molecular weight is 178 g/mol. The highest BCUT2D eigenvalue weighted by Crippen LogP contribution is 2.20. The van der Waals surface area contributed by atoms with Gasteiger partial charge in [-0.15, -0.1) is 0 Å². The molecular formula is C11H18N2. The fraction of sp³-hybridized carbons (Fsp3) is 0.545. The van der Waals surface area contributed by atoms with Crippen LogP contribution >= 0.6 is 0 Å². The van der Waals surface area contributed by atoms with Gasteiger partial charge in [0.1, 0.15) is 0 Å². The number of aryl methyl sites for hydroxylation is 1. The van der Waals surface area contributed by atoms with E-state index in [1.165, 1.54) is 24.0 Å². The van der Waals surface area contributed by atoms with Gasteiger partial charge in [0, 0.05) is 18.4 Å². The van der Waals surface area contributed by atoms with Crippen LogP contribution in [0, 0.1) is 6.92 Å². The van der Waals surface area contributed by atoms with Crippen LogP contribution in [0.15, 0.2) is 18.5 Å². The number of pyridine rings is 1. The van der Waals surface area contributed by atoms with E-state index >= 15 is 0 Å². The molecule has 1 aromatic rings. The minimum absolute atomic E-state index is 0.480. The summed E-state index contributed by atoms with van der Waals surface area (Å²) in [6, 6.07) is 2.58. The van der Waals surface area contributed by atoms with Gasteiger partial charge in [0.2, 0.25) is 0 Å². The number of nitrogens with zero attached hydrogens (tertiary/aromatic N) is 1. The molecule has 1 heterocycles. The van der Waals surface area contributed by atoms with Crippen molar-refractivity contribution in [1.82, 2.24) is 10.3 Å². The zero-order valence-corrected chi connectivity index (χ0v) is 8.67. The third kappa shape index (κ3) is 2.52. The number of hydrogen-bond acceptors (Lipinski definition) is 2. The molecule has 72 valence electrons. The third-order valence-corrected chi connectivity index (χ3v) is 2.36. The molecule has 13 heavy (non-hydrogen) atoms. The van der Waals surface area contributed by atoms with Crippen LogP contribution in [0.3, 0.4) is 0 Å². The second-order valence-corrected chi connectivity index (χ2v) is 3.36. The van der Waals surface area contributed by atoms with Gasteiger partial charge in [0.05, 0.1) is 0 Å². The standard InChI is InChI=1S/C11H18N2/c1-4-5-11(12-3)10-6-7-13-8-9(10)2/h6-8,11-12H,4-5H2,1-3H3. The van der Waals surface area contributed by atoms with Gasteiger partial charge in [0.25, 0.3) is 0 Å². The maximum atomic E-state index is 4.09. The molecule has 0 bridgehead atoms. The smallest absolute Gasteiger partial charge is 0.0321 e. The Morgan fingerprint density at radius 1 is 1.54 bits per heavy atom. The molecule has 1 unspecified atom stereocenters. The van der Waals surface area contributed by atoms with Crippen LogP contribution in [0.2, 0.25) is 0 Å². The minimum Gasteiger partial charge on any atom is -0.313 e. The number of hydrogen-bond donors (Lipinski definition) is 1. The first kappa shape index (κ1) is 10.2. The summed E-state index contributed by atoms with van der Waals surface area (Å²) in [6.45, 7) is 4.32. The van der Waals surface area contributed by atoms with Crippen molar-refractivity contribution in [3.05, 3.63) is 29.6 Å². The SMILES string of the molecule is CCCC(NC)c1ccncc1C. The summed E-state index contributed by atoms with van der Waals surface area (Å²) >= 11 is 0. The fourth-order valence-electron chi connectivity index (χ4n) is 1.62. The number of aromatic nitrogens is 1. The maximum absolute atomic E-state index is 4.09. The Kier molecular flexibility index (Phi) is 3.90. The second-order valence-electron chi connectivity index (χ2n) is 3.36. The van der Waals surface area contributed by atoms with Crippen molar-refractivity contribution in [2.45, 2.75) is 32.7 Å². The van der Waals surface area contributed by atoms with Crippen molar-refractivity contribution in [1.29, 1.82) is 0 Å². The van der Waals surface area contributed by atoms with E-state index in [4.69, 9.17) is 0 Å². The van der Waals surface area contributed by atoms with E-state index in [9.17, 15) is 0 Å². The maximum Gasteiger partial charge on any atom is 0.0321 e. The quantitative estimate of drug-likeness (QED) is 0.766. The van der Waals surface area contributed by atoms with Crippen molar-refractivity contribution in [3.63, 3.8) is 0 Å². The van der Waals surface area contributed by atoms with Gasteiger partial charge in [-0.3, -0.25) is 4.98 Å². The van der Waals surface area contributed by atoms with Gasteiger partial charge in [-0.05, 0) is 37.6 Å². The van der Waals surface area contributed by atoms with Crippen molar-refractivity contribution < 1.29 is 0 Å². The molecular weight excluding hydrogens is 160 g/mol. The molecule has 1 atom stereocenters. The lowest BCUT2D eigenvalue weighted by atomic mass is 10.00. The van der Waals surface area contributed by atoms with Gasteiger partial charge >= 0.3 is 0 Å². The van der Waals surface area contributed by atoms with E-state index in [1.54, 1.807) is 0 Å². The normalized spacial score (nSPS) is 12.8. The molecule has 0 spiro atoms. The van der Waals surface area contributed by atoms with Crippen LogP contribution in [-0.4, -0.2) is 12.0 Å². The Morgan fingerprint density at radius 3 is 2.85 bits per heavy atom. The minimum atomic E-state index is 0.480. The molecule has 0 aliphatic rings. The highest BCUT2D eigenvalue weighted by molar-refractivity contribution is 5.25. The summed E-state index contributed by atoms with van der Waals surface area (Å²) < 4.78 is 0. The van der Waals surface area contributed by atoms with Crippen LogP contribution in [0.5, 0.6) is 0 Å². The molecule has 0 fully saturated rings. The molecule has 0 aliphatic carbocycles. The molecule has 0 aromatic carbocycles. The van der Waals surface area contributed by atoms with Crippen LogP contribution in [-0.2, 0) is 0 Å². The molecule has 0 aliphatic heterocycles. The van der Waals surface area contributed by atoms with Crippen LogP contribution in [0.1, 0.15) is 36.9 Å². The highest BCUT2D eigenvalue weighted by atomic mass is 14.9. The topological polar surface area (TPSA) is 24.9 Å². The molecule has 2 nitrogen and oxygen atoms in total. The Hall–Kier alpha value is -0.890. The Morgan fingerprint density at radius 2 is 2.31 bits per heavy atom. The van der Waals surface area contributed by atoms with Crippen molar-refractivity contribution >= 4 is 0 Å². The largest absolute Gasteiger partial charge is 0.313 e. The summed E-state index contributed by atoms with van der Waals surface area (Å²) in [5.41, 5.74) is 2.65. The predicted octanol–water partition coefficient (Wildman–Crippen LogP) is 2.45. The number of rotatable bonds is 4. The van der Waals surface area contributed by atoms with E-state index in [0.29, 0.717) is 6.04 Å². The molecule has 0 amide bonds. The van der Waals surface area contributed by atoms with E-state index in [-0.39, 0.29) is 0 Å². The van der Waals surface area contributed by atoms with Crippen molar-refractivity contribution in [3.8, 4) is 0 Å². The summed E-state index contributed by atoms with van der Waals surface area (Å²) in [7, 11) is 2.01. The summed E-state index contributed by atoms with van der Waals surface area (Å²) in [5.74, 6) is 0.